The number of nitrogens with zero attached hydrogens (tertiary/aromatic N) is 2. The van der Waals surface area contributed by atoms with Gasteiger partial charge in [0.15, 0.2) is 5.96 Å². The van der Waals surface area contributed by atoms with Crippen molar-refractivity contribution in [2.24, 2.45) is 4.99 Å². The highest BCUT2D eigenvalue weighted by Gasteiger charge is 2.24. The number of methoxy groups -OCH3 is 1. The van der Waals surface area contributed by atoms with Gasteiger partial charge in [-0.2, -0.15) is 0 Å². The first kappa shape index (κ1) is 25.9. The Hall–Kier alpha value is -2.37. The maximum absolute atomic E-state index is 10.7. The number of hydrogen-bond acceptors (Lipinski definition) is 6. The van der Waals surface area contributed by atoms with E-state index in [0.717, 1.165) is 22.7 Å². The van der Waals surface area contributed by atoms with Crippen molar-refractivity contribution in [1.82, 2.24) is 15.6 Å². The number of ether oxygens (including phenoxy) is 2. The van der Waals surface area contributed by atoms with Gasteiger partial charge >= 0.3 is 0 Å². The van der Waals surface area contributed by atoms with E-state index in [2.05, 4.69) is 20.6 Å². The van der Waals surface area contributed by atoms with Crippen LogP contribution in [0.4, 0.5) is 0 Å². The molecular formula is C23H29IN4O3S. The predicted molar refractivity (Wildman–Crippen MR) is 139 cm³/mol. The molecule has 0 aliphatic rings. The van der Waals surface area contributed by atoms with E-state index < -0.39 is 5.60 Å². The Balaban J connectivity index is 0.00000363. The van der Waals surface area contributed by atoms with Crippen LogP contribution in [0.1, 0.15) is 24.3 Å². The molecule has 32 heavy (non-hydrogen) atoms. The van der Waals surface area contributed by atoms with Crippen molar-refractivity contribution >= 4 is 41.3 Å². The van der Waals surface area contributed by atoms with Crippen molar-refractivity contribution in [1.29, 1.82) is 0 Å². The van der Waals surface area contributed by atoms with Gasteiger partial charge in [0.1, 0.15) is 17.1 Å². The lowest BCUT2D eigenvalue weighted by Crippen LogP contribution is -2.44. The second-order valence-electron chi connectivity index (χ2n) is 7.08. The zero-order chi connectivity index (χ0) is 22.1. The standard InChI is InChI=1S/C23H28N4O3S.HI/c1-4-24-22(27-16-23(2,28)20-6-5-13-31-20)26-15-17-7-12-21(25-14-17)30-19-10-8-18(29-3)9-11-19;/h5-14,28H,4,15-16H2,1-3H3,(H2,24,26,27);1H. The molecule has 9 heteroatoms. The highest BCUT2D eigenvalue weighted by Crippen LogP contribution is 2.24. The molecule has 0 amide bonds. The van der Waals surface area contributed by atoms with Crippen LogP contribution >= 0.6 is 35.3 Å². The highest BCUT2D eigenvalue weighted by molar-refractivity contribution is 14.0. The fourth-order valence-corrected chi connectivity index (χ4v) is 3.56. The molecule has 1 aromatic carbocycles. The number of aliphatic hydroxyl groups is 1. The summed E-state index contributed by atoms with van der Waals surface area (Å²) >= 11 is 1.53. The van der Waals surface area contributed by atoms with E-state index in [9.17, 15) is 5.11 Å². The van der Waals surface area contributed by atoms with E-state index in [1.165, 1.54) is 11.3 Å². The number of halogens is 1. The number of guanidine groups is 1. The van der Waals surface area contributed by atoms with Gasteiger partial charge in [-0.05, 0) is 55.1 Å². The molecular weight excluding hydrogens is 539 g/mol. The van der Waals surface area contributed by atoms with Crippen LogP contribution in [0, 0.1) is 0 Å². The number of aromatic nitrogens is 1. The summed E-state index contributed by atoms with van der Waals surface area (Å²) in [4.78, 5) is 9.86. The first-order valence-electron chi connectivity index (χ1n) is 10.1. The third-order valence-electron chi connectivity index (χ3n) is 4.50. The Morgan fingerprint density at radius 3 is 2.47 bits per heavy atom. The van der Waals surface area contributed by atoms with E-state index >= 15 is 0 Å². The molecule has 0 saturated carbocycles. The second kappa shape index (κ2) is 12.6. The smallest absolute Gasteiger partial charge is 0.219 e. The number of nitrogens with one attached hydrogen (secondary N) is 2. The summed E-state index contributed by atoms with van der Waals surface area (Å²) in [6.07, 6.45) is 1.74. The molecule has 0 radical (unpaired) electrons. The zero-order valence-electron chi connectivity index (χ0n) is 18.4. The van der Waals surface area contributed by atoms with E-state index in [-0.39, 0.29) is 24.0 Å². The normalized spacial score (nSPS) is 12.9. The average molecular weight is 568 g/mol. The third-order valence-corrected chi connectivity index (χ3v) is 5.62. The Kier molecular flexibility index (Phi) is 10.2. The number of thiophene rings is 1. The maximum Gasteiger partial charge on any atom is 0.219 e. The fraction of sp³-hybridized carbons (Fsp3) is 0.304. The first-order chi connectivity index (χ1) is 15.0. The average Bonchev–Trinajstić information content (AvgIpc) is 3.33. The molecule has 0 saturated heterocycles. The van der Waals surface area contributed by atoms with Gasteiger partial charge in [0, 0.05) is 23.7 Å². The van der Waals surface area contributed by atoms with Crippen molar-refractivity contribution in [3.05, 3.63) is 70.5 Å². The lowest BCUT2D eigenvalue weighted by Gasteiger charge is -2.23. The summed E-state index contributed by atoms with van der Waals surface area (Å²) < 4.78 is 10.9. The minimum absolute atomic E-state index is 0. The molecule has 2 aromatic heterocycles. The van der Waals surface area contributed by atoms with E-state index in [1.54, 1.807) is 20.2 Å². The van der Waals surface area contributed by atoms with Crippen molar-refractivity contribution in [3.8, 4) is 17.4 Å². The Morgan fingerprint density at radius 1 is 1.12 bits per heavy atom. The van der Waals surface area contributed by atoms with Gasteiger partial charge < -0.3 is 25.2 Å². The SMILES string of the molecule is CCNC(=NCc1ccc(Oc2ccc(OC)cc2)nc1)NCC(C)(O)c1cccs1.I. The van der Waals surface area contributed by atoms with Gasteiger partial charge in [-0.15, -0.1) is 35.3 Å². The summed E-state index contributed by atoms with van der Waals surface area (Å²) in [7, 11) is 1.63. The van der Waals surface area contributed by atoms with Crippen LogP contribution in [0.3, 0.4) is 0 Å². The van der Waals surface area contributed by atoms with Gasteiger partial charge in [0.25, 0.3) is 0 Å². The number of hydrogen-bond donors (Lipinski definition) is 3. The predicted octanol–water partition coefficient (Wildman–Crippen LogP) is 4.52. The minimum Gasteiger partial charge on any atom is -0.497 e. The molecule has 0 aliphatic carbocycles. The first-order valence-corrected chi connectivity index (χ1v) is 10.9. The van der Waals surface area contributed by atoms with Crippen LogP contribution < -0.4 is 20.1 Å². The number of pyridine rings is 1. The number of rotatable bonds is 9. The van der Waals surface area contributed by atoms with Crippen LogP contribution in [-0.2, 0) is 12.1 Å². The van der Waals surface area contributed by atoms with Crippen LogP contribution in [0.25, 0.3) is 0 Å². The minimum atomic E-state index is -0.966. The van der Waals surface area contributed by atoms with E-state index in [4.69, 9.17) is 9.47 Å². The Morgan fingerprint density at radius 2 is 1.88 bits per heavy atom. The lowest BCUT2D eigenvalue weighted by molar-refractivity contribution is 0.0655. The maximum atomic E-state index is 10.7. The van der Waals surface area contributed by atoms with Crippen LogP contribution in [0.5, 0.6) is 17.4 Å². The molecule has 3 N–H and O–H groups in total. The van der Waals surface area contributed by atoms with E-state index in [1.807, 2.05) is 60.8 Å². The highest BCUT2D eigenvalue weighted by atomic mass is 127. The molecule has 2 heterocycles. The number of benzene rings is 1. The van der Waals surface area contributed by atoms with Crippen LogP contribution in [0.15, 0.2) is 65.1 Å². The summed E-state index contributed by atoms with van der Waals surface area (Å²) in [5.41, 5.74) is -0.0175. The third kappa shape index (κ3) is 7.64. The molecule has 0 aliphatic heterocycles. The summed E-state index contributed by atoms with van der Waals surface area (Å²) in [5, 5.41) is 19.1. The van der Waals surface area contributed by atoms with Crippen molar-refractivity contribution in [2.45, 2.75) is 26.0 Å². The molecule has 1 atom stereocenters. The topological polar surface area (TPSA) is 88.0 Å². The zero-order valence-corrected chi connectivity index (χ0v) is 21.5. The lowest BCUT2D eigenvalue weighted by atomic mass is 10.1. The van der Waals surface area contributed by atoms with E-state index in [0.29, 0.717) is 30.7 Å². The van der Waals surface area contributed by atoms with Gasteiger partial charge in [-0.3, -0.25) is 0 Å². The van der Waals surface area contributed by atoms with Gasteiger partial charge in [-0.25, -0.2) is 9.98 Å². The molecule has 3 aromatic rings. The Bertz CT molecular complexity index is 962. The van der Waals surface area contributed by atoms with Crippen LogP contribution in [-0.4, -0.2) is 36.2 Å². The molecule has 3 rings (SSSR count). The van der Waals surface area contributed by atoms with Crippen molar-refractivity contribution in [3.63, 3.8) is 0 Å². The van der Waals surface area contributed by atoms with Gasteiger partial charge in [-0.1, -0.05) is 12.1 Å². The van der Waals surface area contributed by atoms with Crippen molar-refractivity contribution < 1.29 is 14.6 Å². The quantitative estimate of drug-likeness (QED) is 0.200. The number of aliphatic imine (C=N–C) groups is 1. The Labute approximate surface area is 209 Å². The van der Waals surface area contributed by atoms with Gasteiger partial charge in [0.05, 0.1) is 20.2 Å². The molecule has 172 valence electrons. The van der Waals surface area contributed by atoms with Crippen molar-refractivity contribution in [2.75, 3.05) is 20.2 Å². The molecule has 1 unspecified atom stereocenters. The largest absolute Gasteiger partial charge is 0.497 e. The summed E-state index contributed by atoms with van der Waals surface area (Å²) in [5.74, 6) is 2.61. The summed E-state index contributed by atoms with van der Waals surface area (Å²) in [6.45, 7) is 5.32. The van der Waals surface area contributed by atoms with Crippen LogP contribution in [0.2, 0.25) is 0 Å². The molecule has 7 nitrogen and oxygen atoms in total. The monoisotopic (exact) mass is 568 g/mol. The molecule has 0 bridgehead atoms. The van der Waals surface area contributed by atoms with Gasteiger partial charge in [0.2, 0.25) is 5.88 Å². The molecule has 0 spiro atoms. The second-order valence-corrected chi connectivity index (χ2v) is 8.03. The molecule has 0 fully saturated rings. The summed E-state index contributed by atoms with van der Waals surface area (Å²) in [6, 6.07) is 14.9. The fourth-order valence-electron chi connectivity index (χ4n) is 2.77.